The molecule has 0 saturated heterocycles. The van der Waals surface area contributed by atoms with E-state index in [4.69, 9.17) is 10.7 Å². The van der Waals surface area contributed by atoms with E-state index < -0.39 is 19.1 Å². The standard InChI is InChI=1S/C13H20ClNO4S2/c1-4-10(2)8-11(3)15-21(18,19)13-7-5-6-12(9-13)20(14,16)17/h5-7,9-11,15H,4,8H2,1-3H3. The van der Waals surface area contributed by atoms with Gasteiger partial charge in [0.15, 0.2) is 0 Å². The zero-order valence-electron chi connectivity index (χ0n) is 12.2. The molecule has 2 unspecified atom stereocenters. The van der Waals surface area contributed by atoms with Crippen LogP contribution in [0.4, 0.5) is 0 Å². The number of nitrogens with one attached hydrogen (secondary N) is 1. The molecule has 1 N–H and O–H groups in total. The Balaban J connectivity index is 2.98. The van der Waals surface area contributed by atoms with Crippen LogP contribution < -0.4 is 4.72 Å². The smallest absolute Gasteiger partial charge is 0.208 e. The third-order valence-corrected chi connectivity index (χ3v) is 6.15. The number of rotatable bonds is 7. The lowest BCUT2D eigenvalue weighted by atomic mass is 10.0. The molecule has 0 aliphatic heterocycles. The maximum Gasteiger partial charge on any atom is 0.261 e. The highest BCUT2D eigenvalue weighted by Crippen LogP contribution is 2.20. The number of halogens is 1. The van der Waals surface area contributed by atoms with Crippen LogP contribution in [0.5, 0.6) is 0 Å². The van der Waals surface area contributed by atoms with Crippen LogP contribution in [0.15, 0.2) is 34.1 Å². The Bertz CT molecular complexity index is 686. The van der Waals surface area contributed by atoms with E-state index in [0.29, 0.717) is 12.3 Å². The van der Waals surface area contributed by atoms with Gasteiger partial charge in [0.1, 0.15) is 0 Å². The van der Waals surface area contributed by atoms with Crippen LogP contribution in [0.25, 0.3) is 0 Å². The lowest BCUT2D eigenvalue weighted by Crippen LogP contribution is -2.33. The summed E-state index contributed by atoms with van der Waals surface area (Å²) in [6.45, 7) is 5.87. The number of hydrogen-bond acceptors (Lipinski definition) is 4. The van der Waals surface area contributed by atoms with Crippen LogP contribution in [-0.4, -0.2) is 22.9 Å². The highest BCUT2D eigenvalue weighted by Gasteiger charge is 2.20. The minimum absolute atomic E-state index is 0.111. The lowest BCUT2D eigenvalue weighted by Gasteiger charge is -2.17. The molecule has 0 radical (unpaired) electrons. The number of benzene rings is 1. The largest absolute Gasteiger partial charge is 0.261 e. The maximum atomic E-state index is 12.2. The molecule has 0 amide bonds. The van der Waals surface area contributed by atoms with Gasteiger partial charge in [-0.05, 0) is 37.5 Å². The molecule has 5 nitrogen and oxygen atoms in total. The summed E-state index contributed by atoms with van der Waals surface area (Å²) in [5, 5.41) is 0. The average Bonchev–Trinajstić information content (AvgIpc) is 2.37. The van der Waals surface area contributed by atoms with Gasteiger partial charge < -0.3 is 0 Å². The fourth-order valence-corrected chi connectivity index (χ4v) is 4.12. The van der Waals surface area contributed by atoms with Crippen molar-refractivity contribution in [2.45, 2.75) is 49.4 Å². The highest BCUT2D eigenvalue weighted by molar-refractivity contribution is 8.13. The van der Waals surface area contributed by atoms with Crippen molar-refractivity contribution in [2.75, 3.05) is 0 Å². The van der Waals surface area contributed by atoms with Crippen LogP contribution in [0.3, 0.4) is 0 Å². The molecule has 1 rings (SSSR count). The number of hydrogen-bond donors (Lipinski definition) is 1. The third kappa shape index (κ3) is 5.58. The predicted octanol–water partition coefficient (Wildman–Crippen LogP) is 2.72. The zero-order chi connectivity index (χ0) is 16.3. The van der Waals surface area contributed by atoms with E-state index in [-0.39, 0.29) is 15.8 Å². The van der Waals surface area contributed by atoms with Gasteiger partial charge in [0.2, 0.25) is 10.0 Å². The third-order valence-electron chi connectivity index (χ3n) is 3.21. The molecule has 21 heavy (non-hydrogen) atoms. The minimum Gasteiger partial charge on any atom is -0.208 e. The van der Waals surface area contributed by atoms with Gasteiger partial charge in [-0.3, -0.25) is 0 Å². The molecule has 0 heterocycles. The first-order valence-corrected chi connectivity index (χ1v) is 10.4. The first-order valence-electron chi connectivity index (χ1n) is 6.63. The van der Waals surface area contributed by atoms with Crippen molar-refractivity contribution in [3.8, 4) is 0 Å². The summed E-state index contributed by atoms with van der Waals surface area (Å²) in [4.78, 5) is -0.346. The molecule has 2 atom stereocenters. The Morgan fingerprint density at radius 3 is 2.24 bits per heavy atom. The van der Waals surface area contributed by atoms with Crippen molar-refractivity contribution in [2.24, 2.45) is 5.92 Å². The van der Waals surface area contributed by atoms with E-state index in [2.05, 4.69) is 4.72 Å². The van der Waals surface area contributed by atoms with Crippen LogP contribution >= 0.6 is 10.7 Å². The quantitative estimate of drug-likeness (QED) is 0.764. The first kappa shape index (κ1) is 18.4. The second-order valence-electron chi connectivity index (χ2n) is 5.18. The molecular weight excluding hydrogens is 334 g/mol. The van der Waals surface area contributed by atoms with Crippen LogP contribution in [0.2, 0.25) is 0 Å². The monoisotopic (exact) mass is 353 g/mol. The second kappa shape index (κ2) is 7.09. The fraction of sp³-hybridized carbons (Fsp3) is 0.538. The SMILES string of the molecule is CCC(C)CC(C)NS(=O)(=O)c1cccc(S(=O)(=O)Cl)c1. The van der Waals surface area contributed by atoms with E-state index in [1.165, 1.54) is 18.2 Å². The van der Waals surface area contributed by atoms with Crippen LogP contribution in [-0.2, 0) is 19.1 Å². The summed E-state index contributed by atoms with van der Waals surface area (Å²) >= 11 is 0. The van der Waals surface area contributed by atoms with Crippen LogP contribution in [0.1, 0.15) is 33.6 Å². The molecule has 0 aliphatic rings. The van der Waals surface area contributed by atoms with Gasteiger partial charge in [-0.25, -0.2) is 21.6 Å². The maximum absolute atomic E-state index is 12.2. The molecule has 120 valence electrons. The van der Waals surface area contributed by atoms with Gasteiger partial charge >= 0.3 is 0 Å². The van der Waals surface area contributed by atoms with Crippen molar-refractivity contribution < 1.29 is 16.8 Å². The molecule has 0 bridgehead atoms. The van der Waals surface area contributed by atoms with Gasteiger partial charge in [-0.15, -0.1) is 0 Å². The Hall–Kier alpha value is -0.630. The Labute approximate surface area is 131 Å². The van der Waals surface area contributed by atoms with Gasteiger partial charge in [0, 0.05) is 16.7 Å². The summed E-state index contributed by atoms with van der Waals surface area (Å²) in [6, 6.07) is 4.76. The van der Waals surface area contributed by atoms with Crippen molar-refractivity contribution in [1.82, 2.24) is 4.72 Å². The molecule has 0 aliphatic carbocycles. The number of sulfonamides is 1. The van der Waals surface area contributed by atoms with Crippen LogP contribution in [0, 0.1) is 5.92 Å². The zero-order valence-corrected chi connectivity index (χ0v) is 14.6. The first-order chi connectivity index (χ1) is 9.56. The van der Waals surface area contributed by atoms with Crippen molar-refractivity contribution in [1.29, 1.82) is 0 Å². The Kier molecular flexibility index (Phi) is 6.22. The van der Waals surface area contributed by atoms with Crippen molar-refractivity contribution in [3.63, 3.8) is 0 Å². The van der Waals surface area contributed by atoms with Gasteiger partial charge in [0.25, 0.3) is 9.05 Å². The van der Waals surface area contributed by atoms with Crippen molar-refractivity contribution >= 4 is 29.8 Å². The Morgan fingerprint density at radius 2 is 1.71 bits per heavy atom. The topological polar surface area (TPSA) is 80.3 Å². The van der Waals surface area contributed by atoms with Crippen molar-refractivity contribution in [3.05, 3.63) is 24.3 Å². The normalized spacial score (nSPS) is 15.6. The van der Waals surface area contributed by atoms with E-state index in [1.807, 2.05) is 13.8 Å². The molecule has 0 saturated carbocycles. The summed E-state index contributed by atoms with van der Waals surface area (Å²) < 4.78 is 49.6. The molecule has 0 aromatic heterocycles. The fourth-order valence-electron chi connectivity index (χ4n) is 1.94. The molecule has 8 heteroatoms. The highest BCUT2D eigenvalue weighted by atomic mass is 35.7. The molecule has 0 spiro atoms. The van der Waals surface area contributed by atoms with E-state index >= 15 is 0 Å². The second-order valence-corrected chi connectivity index (χ2v) is 9.46. The van der Waals surface area contributed by atoms with Gasteiger partial charge in [-0.1, -0.05) is 26.3 Å². The molecule has 0 fully saturated rings. The average molecular weight is 354 g/mol. The van der Waals surface area contributed by atoms with Gasteiger partial charge in [-0.2, -0.15) is 0 Å². The minimum atomic E-state index is -3.96. The molecule has 1 aromatic carbocycles. The summed E-state index contributed by atoms with van der Waals surface area (Å²) in [7, 11) is -2.50. The van der Waals surface area contributed by atoms with E-state index in [0.717, 1.165) is 12.5 Å². The van der Waals surface area contributed by atoms with Gasteiger partial charge in [0.05, 0.1) is 9.79 Å². The van der Waals surface area contributed by atoms with E-state index in [9.17, 15) is 16.8 Å². The summed E-state index contributed by atoms with van der Waals surface area (Å²) in [5.74, 6) is 0.400. The lowest BCUT2D eigenvalue weighted by molar-refractivity contribution is 0.445. The summed E-state index contributed by atoms with van der Waals surface area (Å²) in [5.41, 5.74) is 0. The Morgan fingerprint density at radius 1 is 1.14 bits per heavy atom. The van der Waals surface area contributed by atoms with E-state index in [1.54, 1.807) is 6.92 Å². The predicted molar refractivity (Wildman–Crippen MR) is 83.3 cm³/mol. The summed E-state index contributed by atoms with van der Waals surface area (Å²) in [6.07, 6.45) is 1.68. The molecular formula is C13H20ClNO4S2. The molecule has 1 aromatic rings.